The molecule has 17 heavy (non-hydrogen) atoms. The second-order valence-corrected chi connectivity index (χ2v) is 5.69. The molecule has 0 saturated carbocycles. The summed E-state index contributed by atoms with van der Waals surface area (Å²) in [6.45, 7) is 8.91. The minimum absolute atomic E-state index is 0.0403. The zero-order valence-corrected chi connectivity index (χ0v) is 11.9. The molecule has 1 aliphatic carbocycles. The average Bonchev–Trinajstić information content (AvgIpc) is 2.55. The van der Waals surface area contributed by atoms with E-state index in [1.165, 1.54) is 22.3 Å². The van der Waals surface area contributed by atoms with Crippen LogP contribution in [0.25, 0.3) is 0 Å². The summed E-state index contributed by atoms with van der Waals surface area (Å²) in [6.07, 6.45) is 2.36. The van der Waals surface area contributed by atoms with E-state index in [0.717, 1.165) is 0 Å². The zero-order chi connectivity index (χ0) is 12.6. The molecule has 0 N–H and O–H groups in total. The number of hydrogen-bond donors (Lipinski definition) is 1. The molecule has 0 amide bonds. The fourth-order valence-corrected chi connectivity index (χ4v) is 3.07. The number of benzene rings is 1. The average molecular weight is 244 g/mol. The van der Waals surface area contributed by atoms with Crippen molar-refractivity contribution in [3.8, 4) is 0 Å². The van der Waals surface area contributed by atoms with Crippen LogP contribution in [0.15, 0.2) is 53.1 Å². The van der Waals surface area contributed by atoms with Crippen LogP contribution in [-0.4, -0.2) is 0 Å². The predicted octanol–water partition coefficient (Wildman–Crippen LogP) is 4.96. The van der Waals surface area contributed by atoms with Gasteiger partial charge in [0.15, 0.2) is 0 Å². The van der Waals surface area contributed by atoms with Gasteiger partial charge in [-0.1, -0.05) is 54.5 Å². The first kappa shape index (κ1) is 12.5. The van der Waals surface area contributed by atoms with E-state index in [1.807, 2.05) is 0 Å². The smallest absolute Gasteiger partial charge is 0.0392 e. The van der Waals surface area contributed by atoms with Crippen LogP contribution in [0, 0.1) is 5.41 Å². The van der Waals surface area contributed by atoms with Crippen molar-refractivity contribution in [1.82, 2.24) is 0 Å². The van der Waals surface area contributed by atoms with Gasteiger partial charge in [0.1, 0.15) is 0 Å². The van der Waals surface area contributed by atoms with Crippen LogP contribution >= 0.6 is 12.6 Å². The highest BCUT2D eigenvalue weighted by Crippen LogP contribution is 2.51. The molecule has 2 unspecified atom stereocenters. The summed E-state index contributed by atoms with van der Waals surface area (Å²) in [4.78, 5) is 0. The van der Waals surface area contributed by atoms with Crippen LogP contribution in [-0.2, 0) is 0 Å². The largest absolute Gasteiger partial charge is 0.170 e. The molecule has 0 radical (unpaired) electrons. The molecule has 1 aromatic carbocycles. The van der Waals surface area contributed by atoms with Gasteiger partial charge in [0.2, 0.25) is 0 Å². The maximum absolute atomic E-state index is 4.86. The fourth-order valence-electron chi connectivity index (χ4n) is 2.63. The second-order valence-electron chi connectivity index (χ2n) is 5.17. The van der Waals surface area contributed by atoms with E-state index >= 15 is 0 Å². The Morgan fingerprint density at radius 2 is 1.65 bits per heavy atom. The highest BCUT2D eigenvalue weighted by atomic mass is 32.1. The first-order valence-electron chi connectivity index (χ1n) is 6.07. The summed E-state index contributed by atoms with van der Waals surface area (Å²) in [5.74, 6) is 0. The third-order valence-electron chi connectivity index (χ3n) is 4.16. The standard InChI is InChI=1S/C16H20S/c1-11-10-16(4,13(3)12(11)2)15(17)14-8-6-5-7-9-14/h5-10,15,17H,1-4H3. The van der Waals surface area contributed by atoms with Crippen molar-refractivity contribution >= 4 is 12.6 Å². The predicted molar refractivity (Wildman–Crippen MR) is 78.4 cm³/mol. The van der Waals surface area contributed by atoms with E-state index in [1.54, 1.807) is 0 Å². The Morgan fingerprint density at radius 1 is 1.06 bits per heavy atom. The first-order chi connectivity index (χ1) is 7.97. The van der Waals surface area contributed by atoms with Gasteiger partial charge < -0.3 is 0 Å². The Morgan fingerprint density at radius 3 is 2.12 bits per heavy atom. The molecule has 0 nitrogen and oxygen atoms in total. The Kier molecular flexibility index (Phi) is 3.22. The summed E-state index contributed by atoms with van der Waals surface area (Å²) in [7, 11) is 0. The van der Waals surface area contributed by atoms with Gasteiger partial charge >= 0.3 is 0 Å². The number of rotatable bonds is 2. The molecular weight excluding hydrogens is 224 g/mol. The van der Waals surface area contributed by atoms with Gasteiger partial charge in [-0.05, 0) is 31.9 Å². The summed E-state index contributed by atoms with van der Waals surface area (Å²) >= 11 is 4.86. The molecule has 0 fully saturated rings. The van der Waals surface area contributed by atoms with E-state index in [9.17, 15) is 0 Å². The number of thiol groups is 1. The molecule has 0 heterocycles. The van der Waals surface area contributed by atoms with E-state index in [-0.39, 0.29) is 10.7 Å². The molecule has 1 aromatic rings. The van der Waals surface area contributed by atoms with E-state index in [2.05, 4.69) is 64.1 Å². The molecule has 0 saturated heterocycles. The molecule has 1 heteroatoms. The minimum atomic E-state index is 0.0403. The van der Waals surface area contributed by atoms with Gasteiger partial charge in [0.25, 0.3) is 0 Å². The van der Waals surface area contributed by atoms with Crippen LogP contribution in [0.4, 0.5) is 0 Å². The van der Waals surface area contributed by atoms with Gasteiger partial charge in [-0.15, -0.1) is 0 Å². The molecule has 0 aliphatic heterocycles. The highest BCUT2D eigenvalue weighted by molar-refractivity contribution is 7.80. The van der Waals surface area contributed by atoms with Crippen molar-refractivity contribution in [2.45, 2.75) is 32.9 Å². The van der Waals surface area contributed by atoms with Crippen LogP contribution in [0.2, 0.25) is 0 Å². The number of hydrogen-bond acceptors (Lipinski definition) is 1. The molecule has 0 bridgehead atoms. The van der Waals surface area contributed by atoms with Crippen LogP contribution in [0.3, 0.4) is 0 Å². The molecule has 90 valence electrons. The topological polar surface area (TPSA) is 0 Å². The minimum Gasteiger partial charge on any atom is -0.170 e. The van der Waals surface area contributed by atoms with Crippen molar-refractivity contribution in [3.63, 3.8) is 0 Å². The fraction of sp³-hybridized carbons (Fsp3) is 0.375. The molecule has 0 spiro atoms. The van der Waals surface area contributed by atoms with Crippen LogP contribution < -0.4 is 0 Å². The molecule has 2 rings (SSSR count). The first-order valence-corrected chi connectivity index (χ1v) is 6.59. The van der Waals surface area contributed by atoms with Gasteiger partial charge in [-0.2, -0.15) is 12.6 Å². The van der Waals surface area contributed by atoms with Gasteiger partial charge in [0.05, 0.1) is 0 Å². The summed E-state index contributed by atoms with van der Waals surface area (Å²) < 4.78 is 0. The van der Waals surface area contributed by atoms with Gasteiger partial charge in [-0.3, -0.25) is 0 Å². The van der Waals surface area contributed by atoms with E-state index in [4.69, 9.17) is 12.6 Å². The Labute approximate surface area is 110 Å². The maximum atomic E-state index is 4.86. The Balaban J connectivity index is 2.43. The second kappa shape index (κ2) is 4.38. The summed E-state index contributed by atoms with van der Waals surface area (Å²) in [5.41, 5.74) is 5.58. The lowest BCUT2D eigenvalue weighted by molar-refractivity contribution is 0.508. The van der Waals surface area contributed by atoms with Crippen molar-refractivity contribution in [2.75, 3.05) is 0 Å². The van der Waals surface area contributed by atoms with Crippen molar-refractivity contribution in [2.24, 2.45) is 5.41 Å². The van der Waals surface area contributed by atoms with Gasteiger partial charge in [0, 0.05) is 10.7 Å². The number of allylic oxidation sites excluding steroid dienone is 4. The Bertz CT molecular complexity index is 482. The molecular formula is C16H20S. The summed E-state index contributed by atoms with van der Waals surface area (Å²) in [5, 5.41) is 0.219. The third-order valence-corrected chi connectivity index (χ3v) is 5.00. The lowest BCUT2D eigenvalue weighted by Gasteiger charge is -2.31. The highest BCUT2D eigenvalue weighted by Gasteiger charge is 2.37. The molecule has 1 aliphatic rings. The zero-order valence-electron chi connectivity index (χ0n) is 11.0. The van der Waals surface area contributed by atoms with Crippen molar-refractivity contribution < 1.29 is 0 Å². The molecule has 2 atom stereocenters. The lowest BCUT2D eigenvalue weighted by Crippen LogP contribution is -2.19. The third kappa shape index (κ3) is 1.97. The quantitative estimate of drug-likeness (QED) is 0.698. The van der Waals surface area contributed by atoms with Crippen molar-refractivity contribution in [1.29, 1.82) is 0 Å². The van der Waals surface area contributed by atoms with Crippen LogP contribution in [0.5, 0.6) is 0 Å². The summed E-state index contributed by atoms with van der Waals surface area (Å²) in [6, 6.07) is 10.5. The van der Waals surface area contributed by atoms with E-state index in [0.29, 0.717) is 0 Å². The SMILES string of the molecule is CC1=CC(C)(C(S)c2ccccc2)C(C)=C1C. The maximum Gasteiger partial charge on any atom is 0.0392 e. The monoisotopic (exact) mass is 244 g/mol. The Hall–Kier alpha value is -0.950. The van der Waals surface area contributed by atoms with Gasteiger partial charge in [-0.25, -0.2) is 0 Å². The normalized spacial score (nSPS) is 26.1. The lowest BCUT2D eigenvalue weighted by atomic mass is 9.78. The van der Waals surface area contributed by atoms with Crippen molar-refractivity contribution in [3.05, 3.63) is 58.7 Å². The van der Waals surface area contributed by atoms with E-state index < -0.39 is 0 Å². The van der Waals surface area contributed by atoms with Crippen LogP contribution in [0.1, 0.15) is 38.5 Å². The molecule has 0 aromatic heterocycles.